The molecule has 5 heteroatoms. The van der Waals surface area contributed by atoms with Gasteiger partial charge < -0.3 is 9.88 Å². The van der Waals surface area contributed by atoms with Crippen LogP contribution in [0.15, 0.2) is 0 Å². The lowest BCUT2D eigenvalue weighted by Crippen LogP contribution is -2.28. The number of aromatic amines is 1. The maximum absolute atomic E-state index is 12.3. The summed E-state index contributed by atoms with van der Waals surface area (Å²) in [6.07, 6.45) is 0.912. The van der Waals surface area contributed by atoms with Crippen LogP contribution in [0.25, 0.3) is 0 Å². The van der Waals surface area contributed by atoms with Crippen LogP contribution in [0.5, 0.6) is 0 Å². The zero-order valence-corrected chi connectivity index (χ0v) is 11.8. The van der Waals surface area contributed by atoms with Crippen LogP contribution in [-0.2, 0) is 6.42 Å². The molecule has 0 bridgehead atoms. The molecule has 0 spiro atoms. The monoisotopic (exact) mass is 261 g/mol. The van der Waals surface area contributed by atoms with E-state index in [0.29, 0.717) is 30.6 Å². The van der Waals surface area contributed by atoms with Gasteiger partial charge in [-0.15, -0.1) is 0 Å². The average molecular weight is 261 g/mol. The summed E-state index contributed by atoms with van der Waals surface area (Å²) in [5, 5.41) is 8.55. The first-order valence-electron chi connectivity index (χ1n) is 6.28. The van der Waals surface area contributed by atoms with Crippen molar-refractivity contribution in [1.82, 2.24) is 9.88 Å². The molecule has 0 aliphatic carbocycles. The lowest BCUT2D eigenvalue weighted by atomic mass is 10.0. The summed E-state index contributed by atoms with van der Waals surface area (Å²) in [6.45, 7) is 5.60. The fourth-order valence-electron chi connectivity index (χ4n) is 2.20. The number of nitrogens with zero attached hydrogens (tertiary/aromatic N) is 2. The van der Waals surface area contributed by atoms with Gasteiger partial charge >= 0.3 is 0 Å². The molecule has 0 saturated heterocycles. The Morgan fingerprint density at radius 2 is 2.05 bits per heavy atom. The summed E-state index contributed by atoms with van der Waals surface area (Å²) in [5.74, 6) is -0.216. The van der Waals surface area contributed by atoms with Crippen LogP contribution in [0.3, 0.4) is 0 Å². The number of hydrogen-bond donors (Lipinski definition) is 1. The fraction of sp³-hybridized carbons (Fsp3) is 0.500. The molecule has 102 valence electrons. The molecule has 1 rings (SSSR count). The highest BCUT2D eigenvalue weighted by molar-refractivity contribution is 6.02. The highest BCUT2D eigenvalue weighted by atomic mass is 16.2. The molecule has 1 amide bonds. The molecule has 0 unspecified atom stereocenters. The summed E-state index contributed by atoms with van der Waals surface area (Å²) in [4.78, 5) is 28.4. The Bertz CT molecular complexity index is 538. The van der Waals surface area contributed by atoms with Crippen LogP contribution in [0.2, 0.25) is 0 Å². The minimum atomic E-state index is -0.178. The molecule has 0 atom stereocenters. The van der Waals surface area contributed by atoms with Crippen molar-refractivity contribution >= 4 is 11.7 Å². The minimum Gasteiger partial charge on any atom is -0.354 e. The van der Waals surface area contributed by atoms with Gasteiger partial charge in [-0.1, -0.05) is 6.92 Å². The van der Waals surface area contributed by atoms with Crippen molar-refractivity contribution in [2.24, 2.45) is 0 Å². The van der Waals surface area contributed by atoms with E-state index in [-0.39, 0.29) is 11.7 Å². The van der Waals surface area contributed by atoms with E-state index in [1.165, 1.54) is 11.8 Å². The number of aromatic nitrogens is 1. The Labute approximate surface area is 113 Å². The van der Waals surface area contributed by atoms with Crippen molar-refractivity contribution < 1.29 is 9.59 Å². The van der Waals surface area contributed by atoms with Crippen molar-refractivity contribution in [3.05, 3.63) is 22.5 Å². The summed E-state index contributed by atoms with van der Waals surface area (Å²) in [5.41, 5.74) is 2.56. The number of amides is 1. The molecule has 0 radical (unpaired) electrons. The Kier molecular flexibility index (Phi) is 4.87. The number of ketones is 1. The third-order valence-electron chi connectivity index (χ3n) is 3.12. The van der Waals surface area contributed by atoms with Crippen LogP contribution in [0, 0.1) is 18.3 Å². The Hall–Kier alpha value is -2.09. The highest BCUT2D eigenvalue weighted by Gasteiger charge is 2.23. The van der Waals surface area contributed by atoms with Gasteiger partial charge in [0.1, 0.15) is 5.69 Å². The van der Waals surface area contributed by atoms with Gasteiger partial charge in [0.25, 0.3) is 5.91 Å². The van der Waals surface area contributed by atoms with Crippen LogP contribution >= 0.6 is 0 Å². The number of Topliss-reactive ketones (excluding diaryl/α,β-unsaturated/α-hetero) is 1. The van der Waals surface area contributed by atoms with Gasteiger partial charge in [0.15, 0.2) is 5.78 Å². The van der Waals surface area contributed by atoms with Gasteiger partial charge in [-0.05, 0) is 25.8 Å². The predicted molar refractivity (Wildman–Crippen MR) is 72.1 cm³/mol. The first-order valence-corrected chi connectivity index (χ1v) is 6.28. The zero-order valence-electron chi connectivity index (χ0n) is 11.8. The van der Waals surface area contributed by atoms with E-state index < -0.39 is 0 Å². The van der Waals surface area contributed by atoms with E-state index in [1.807, 2.05) is 13.0 Å². The van der Waals surface area contributed by atoms with Crippen molar-refractivity contribution in [3.63, 3.8) is 0 Å². The van der Waals surface area contributed by atoms with Crippen LogP contribution < -0.4 is 0 Å². The van der Waals surface area contributed by atoms with E-state index in [1.54, 1.807) is 14.0 Å². The summed E-state index contributed by atoms with van der Waals surface area (Å²) < 4.78 is 0. The Balaban J connectivity index is 3.14. The number of hydrogen-bond acceptors (Lipinski definition) is 3. The zero-order chi connectivity index (χ0) is 14.6. The number of aryl methyl sites for hydroxylation is 1. The largest absolute Gasteiger partial charge is 0.354 e. The lowest BCUT2D eigenvalue weighted by molar-refractivity contribution is 0.0791. The van der Waals surface area contributed by atoms with Crippen LogP contribution in [-0.4, -0.2) is 35.2 Å². The highest BCUT2D eigenvalue weighted by Crippen LogP contribution is 2.21. The number of rotatable bonds is 5. The molecule has 0 aromatic carbocycles. The molecule has 19 heavy (non-hydrogen) atoms. The van der Waals surface area contributed by atoms with Gasteiger partial charge in [0.2, 0.25) is 0 Å². The molecule has 1 heterocycles. The number of nitrogens with one attached hydrogen (secondary N) is 1. The summed E-state index contributed by atoms with van der Waals surface area (Å²) >= 11 is 0. The van der Waals surface area contributed by atoms with E-state index in [9.17, 15) is 9.59 Å². The summed E-state index contributed by atoms with van der Waals surface area (Å²) in [6, 6.07) is 2.01. The van der Waals surface area contributed by atoms with Gasteiger partial charge in [0, 0.05) is 24.8 Å². The van der Waals surface area contributed by atoms with Crippen LogP contribution in [0.4, 0.5) is 0 Å². The normalized spacial score (nSPS) is 10.1. The van der Waals surface area contributed by atoms with E-state index in [4.69, 9.17) is 5.26 Å². The van der Waals surface area contributed by atoms with E-state index >= 15 is 0 Å². The number of carbonyl (C=O) groups excluding carboxylic acids is 2. The van der Waals surface area contributed by atoms with Crippen molar-refractivity contribution in [2.75, 3.05) is 13.6 Å². The maximum Gasteiger partial charge on any atom is 0.270 e. The lowest BCUT2D eigenvalue weighted by Gasteiger charge is -2.15. The Morgan fingerprint density at radius 3 is 2.53 bits per heavy atom. The second-order valence-corrected chi connectivity index (χ2v) is 4.52. The number of H-pyrrole nitrogens is 1. The second-order valence-electron chi connectivity index (χ2n) is 4.52. The van der Waals surface area contributed by atoms with Gasteiger partial charge in [0.05, 0.1) is 12.5 Å². The molecule has 5 nitrogen and oxygen atoms in total. The van der Waals surface area contributed by atoms with E-state index in [0.717, 1.165) is 11.3 Å². The van der Waals surface area contributed by atoms with Crippen LogP contribution in [0.1, 0.15) is 52.4 Å². The molecule has 0 fully saturated rings. The topological polar surface area (TPSA) is 77.0 Å². The third-order valence-corrected chi connectivity index (χ3v) is 3.12. The first kappa shape index (κ1) is 15.0. The molecule has 1 aromatic heterocycles. The second kappa shape index (κ2) is 6.19. The SMILES string of the molecule is CCc1c(C(=O)N(C)CCC#N)[nH]c(C)c1C(C)=O. The average Bonchev–Trinajstić information content (AvgIpc) is 2.71. The maximum atomic E-state index is 12.3. The minimum absolute atomic E-state index is 0.0377. The van der Waals surface area contributed by atoms with Crippen molar-refractivity contribution in [3.8, 4) is 6.07 Å². The molecule has 0 aliphatic heterocycles. The molecular formula is C14H19N3O2. The van der Waals surface area contributed by atoms with Crippen molar-refractivity contribution in [1.29, 1.82) is 5.26 Å². The van der Waals surface area contributed by atoms with Gasteiger partial charge in [-0.25, -0.2) is 0 Å². The quantitative estimate of drug-likeness (QED) is 0.824. The molecule has 0 saturated carbocycles. The molecule has 1 N–H and O–H groups in total. The number of nitriles is 1. The van der Waals surface area contributed by atoms with Crippen molar-refractivity contribution in [2.45, 2.75) is 33.6 Å². The molecule has 1 aromatic rings. The molecule has 0 aliphatic rings. The third kappa shape index (κ3) is 3.02. The summed E-state index contributed by atoms with van der Waals surface area (Å²) in [7, 11) is 1.66. The predicted octanol–water partition coefficient (Wildman–Crippen LogP) is 2.07. The molecular weight excluding hydrogens is 242 g/mol. The standard InChI is InChI=1S/C14H19N3O2/c1-5-11-12(10(3)18)9(2)16-13(11)14(19)17(4)8-6-7-15/h16H,5-6,8H2,1-4H3. The van der Waals surface area contributed by atoms with E-state index in [2.05, 4.69) is 4.98 Å². The van der Waals surface area contributed by atoms with Gasteiger partial charge in [-0.3, -0.25) is 9.59 Å². The number of carbonyl (C=O) groups is 2. The fourth-order valence-corrected chi connectivity index (χ4v) is 2.20. The smallest absolute Gasteiger partial charge is 0.270 e. The Morgan fingerprint density at radius 1 is 1.42 bits per heavy atom. The first-order chi connectivity index (χ1) is 8.93. The van der Waals surface area contributed by atoms with Gasteiger partial charge in [-0.2, -0.15) is 5.26 Å².